The molecule has 0 spiro atoms. The van der Waals surface area contributed by atoms with Gasteiger partial charge in [-0.25, -0.2) is 0 Å². The highest BCUT2D eigenvalue weighted by atomic mass is 16.5. The zero-order chi connectivity index (χ0) is 18.9. The summed E-state index contributed by atoms with van der Waals surface area (Å²) in [6.45, 7) is 1.90. The van der Waals surface area contributed by atoms with Crippen LogP contribution < -0.4 is 10.6 Å². The molecule has 7 heteroatoms. The van der Waals surface area contributed by atoms with E-state index in [1.165, 1.54) is 12.5 Å². The van der Waals surface area contributed by atoms with E-state index >= 15 is 0 Å². The Morgan fingerprint density at radius 2 is 1.88 bits per heavy atom. The Labute approximate surface area is 154 Å². The van der Waals surface area contributed by atoms with E-state index in [1.807, 2.05) is 18.2 Å². The zero-order valence-electron chi connectivity index (χ0n) is 15.2. The van der Waals surface area contributed by atoms with Gasteiger partial charge in [0.25, 0.3) is 0 Å². The van der Waals surface area contributed by atoms with Gasteiger partial charge in [0.2, 0.25) is 5.91 Å². The molecule has 1 saturated heterocycles. The number of piperidine rings is 1. The number of benzene rings is 1. The minimum absolute atomic E-state index is 0.274. The molecule has 1 aromatic rings. The van der Waals surface area contributed by atoms with Crippen molar-refractivity contribution in [2.24, 2.45) is 0 Å². The van der Waals surface area contributed by atoms with Gasteiger partial charge in [-0.05, 0) is 24.8 Å². The molecule has 1 fully saturated rings. The molecule has 2 rings (SSSR count). The van der Waals surface area contributed by atoms with E-state index in [0.29, 0.717) is 6.61 Å². The predicted molar refractivity (Wildman–Crippen MR) is 97.6 cm³/mol. The number of amides is 1. The first-order valence-electron chi connectivity index (χ1n) is 9.14. The summed E-state index contributed by atoms with van der Waals surface area (Å²) in [5, 5.41) is 35.3. The molecule has 5 N–H and O–H groups in total. The summed E-state index contributed by atoms with van der Waals surface area (Å²) in [7, 11) is 0. The van der Waals surface area contributed by atoms with Crippen LogP contribution in [0, 0.1) is 0 Å². The molecule has 1 aliphatic rings. The quantitative estimate of drug-likeness (QED) is 0.380. The van der Waals surface area contributed by atoms with E-state index in [4.69, 9.17) is 4.74 Å². The molecule has 146 valence electrons. The smallest absolute Gasteiger partial charge is 0.217 e. The molecule has 0 saturated carbocycles. The third kappa shape index (κ3) is 6.03. The number of hydrogen-bond acceptors (Lipinski definition) is 6. The minimum atomic E-state index is -1.16. The van der Waals surface area contributed by atoms with E-state index in [1.54, 1.807) is 0 Å². The summed E-state index contributed by atoms with van der Waals surface area (Å²) in [5.41, 5.74) is 1.30. The van der Waals surface area contributed by atoms with Gasteiger partial charge in [0.1, 0.15) is 6.10 Å². The number of rotatable bonds is 9. The number of nitrogens with one attached hydrogen (secondary N) is 2. The van der Waals surface area contributed by atoms with Crippen LogP contribution in [0.15, 0.2) is 30.3 Å². The molecular weight excluding hydrogens is 336 g/mol. The van der Waals surface area contributed by atoms with Gasteiger partial charge in [0.15, 0.2) is 0 Å². The summed E-state index contributed by atoms with van der Waals surface area (Å²) in [5.74, 6) is -0.293. The maximum absolute atomic E-state index is 11.4. The van der Waals surface area contributed by atoms with Crippen LogP contribution in [0.4, 0.5) is 0 Å². The highest BCUT2D eigenvalue weighted by Gasteiger charge is 2.43. The minimum Gasteiger partial charge on any atom is -0.395 e. The number of carbonyl (C=O) groups is 1. The van der Waals surface area contributed by atoms with Crippen LogP contribution in [0.25, 0.3) is 0 Å². The lowest BCUT2D eigenvalue weighted by molar-refractivity contribution is -0.125. The van der Waals surface area contributed by atoms with Gasteiger partial charge in [-0.15, -0.1) is 0 Å². The van der Waals surface area contributed by atoms with Crippen LogP contribution in [-0.4, -0.2) is 71.4 Å². The van der Waals surface area contributed by atoms with Crippen molar-refractivity contribution in [3.63, 3.8) is 0 Å². The van der Waals surface area contributed by atoms with Crippen molar-refractivity contribution in [2.45, 2.75) is 56.5 Å². The summed E-state index contributed by atoms with van der Waals surface area (Å²) in [6.07, 6.45) is 0.597. The van der Waals surface area contributed by atoms with E-state index in [2.05, 4.69) is 22.8 Å². The lowest BCUT2D eigenvalue weighted by Crippen LogP contribution is -2.71. The van der Waals surface area contributed by atoms with Crippen molar-refractivity contribution >= 4 is 5.91 Å². The van der Waals surface area contributed by atoms with E-state index in [-0.39, 0.29) is 25.2 Å². The van der Waals surface area contributed by atoms with Gasteiger partial charge in [0.05, 0.1) is 37.4 Å². The third-order valence-corrected chi connectivity index (χ3v) is 4.70. The Bertz CT molecular complexity index is 542. The second-order valence-electron chi connectivity index (χ2n) is 6.79. The van der Waals surface area contributed by atoms with E-state index in [0.717, 1.165) is 19.3 Å². The molecular formula is C19H30N2O5. The topological polar surface area (TPSA) is 111 Å². The Hall–Kier alpha value is -1.51. The number of ether oxygens (including phenoxy) is 1. The van der Waals surface area contributed by atoms with Crippen molar-refractivity contribution in [1.29, 1.82) is 0 Å². The molecule has 0 radical (unpaired) electrons. The first-order chi connectivity index (χ1) is 12.5. The Morgan fingerprint density at radius 1 is 1.15 bits per heavy atom. The summed E-state index contributed by atoms with van der Waals surface area (Å²) in [6, 6.07) is 8.55. The van der Waals surface area contributed by atoms with Gasteiger partial charge >= 0.3 is 0 Å². The first-order valence-corrected chi connectivity index (χ1v) is 9.14. The van der Waals surface area contributed by atoms with E-state index in [9.17, 15) is 20.1 Å². The van der Waals surface area contributed by atoms with Gasteiger partial charge in [-0.1, -0.05) is 30.3 Å². The average molecular weight is 366 g/mol. The standard InChI is InChI=1S/C19H30N2O5/c1-13(23)20-17-16(21-15(11-22)18(24)19(17)25)12-26-10-6-5-9-14-7-3-2-4-8-14/h2-4,7-8,15-19,21-22,24-25H,5-6,9-12H2,1H3,(H,20,23)/t15-,16-,17+,18-,19-/m1/s1. The molecule has 0 aliphatic carbocycles. The van der Waals surface area contributed by atoms with Crippen LogP contribution in [0.3, 0.4) is 0 Å². The second kappa shape index (κ2) is 10.6. The predicted octanol–water partition coefficient (Wildman–Crippen LogP) is -0.415. The fourth-order valence-electron chi connectivity index (χ4n) is 3.29. The van der Waals surface area contributed by atoms with Crippen LogP contribution in [0.1, 0.15) is 25.3 Å². The fourth-order valence-corrected chi connectivity index (χ4v) is 3.29. The summed E-state index contributed by atoms with van der Waals surface area (Å²) >= 11 is 0. The summed E-state index contributed by atoms with van der Waals surface area (Å²) < 4.78 is 5.71. The van der Waals surface area contributed by atoms with Crippen molar-refractivity contribution in [1.82, 2.24) is 10.6 Å². The molecule has 1 aliphatic heterocycles. The Balaban J connectivity index is 1.76. The Kier molecular flexibility index (Phi) is 8.47. The lowest BCUT2D eigenvalue weighted by atomic mass is 9.88. The van der Waals surface area contributed by atoms with Crippen LogP contribution in [0.5, 0.6) is 0 Å². The Morgan fingerprint density at radius 3 is 2.54 bits per heavy atom. The number of aliphatic hydroxyl groups excluding tert-OH is 3. The van der Waals surface area contributed by atoms with Crippen LogP contribution >= 0.6 is 0 Å². The number of aliphatic hydroxyl groups is 3. The zero-order valence-corrected chi connectivity index (χ0v) is 15.2. The maximum atomic E-state index is 11.4. The molecule has 5 atom stereocenters. The van der Waals surface area contributed by atoms with Crippen LogP contribution in [0.2, 0.25) is 0 Å². The summed E-state index contributed by atoms with van der Waals surface area (Å²) in [4.78, 5) is 11.4. The number of hydrogen-bond donors (Lipinski definition) is 5. The molecule has 1 heterocycles. The van der Waals surface area contributed by atoms with Crippen molar-refractivity contribution < 1.29 is 24.9 Å². The highest BCUT2D eigenvalue weighted by molar-refractivity contribution is 5.73. The molecule has 0 aromatic heterocycles. The maximum Gasteiger partial charge on any atom is 0.217 e. The second-order valence-corrected chi connectivity index (χ2v) is 6.79. The molecule has 7 nitrogen and oxygen atoms in total. The normalized spacial score (nSPS) is 28.7. The van der Waals surface area contributed by atoms with Crippen LogP contribution in [-0.2, 0) is 16.0 Å². The van der Waals surface area contributed by atoms with Gasteiger partial charge in [0, 0.05) is 13.5 Å². The number of aryl methyl sites for hydroxylation is 1. The third-order valence-electron chi connectivity index (χ3n) is 4.70. The van der Waals surface area contributed by atoms with Gasteiger partial charge in [-0.2, -0.15) is 0 Å². The van der Waals surface area contributed by atoms with Gasteiger partial charge in [-0.3, -0.25) is 4.79 Å². The van der Waals surface area contributed by atoms with Gasteiger partial charge < -0.3 is 30.7 Å². The first kappa shape index (κ1) is 20.8. The van der Waals surface area contributed by atoms with E-state index < -0.39 is 24.3 Å². The van der Waals surface area contributed by atoms with Crippen molar-refractivity contribution in [3.05, 3.63) is 35.9 Å². The number of unbranched alkanes of at least 4 members (excludes halogenated alkanes) is 1. The number of carbonyl (C=O) groups excluding carboxylic acids is 1. The SMILES string of the molecule is CC(=O)N[C@@H]1[C@@H](O)[C@H](O)[C@@H](CO)N[C@@H]1COCCCCc1ccccc1. The largest absolute Gasteiger partial charge is 0.395 e. The monoisotopic (exact) mass is 366 g/mol. The molecule has 1 aromatic carbocycles. The molecule has 1 amide bonds. The molecule has 0 unspecified atom stereocenters. The fraction of sp³-hybridized carbons (Fsp3) is 0.632. The van der Waals surface area contributed by atoms with Crippen molar-refractivity contribution in [3.8, 4) is 0 Å². The lowest BCUT2D eigenvalue weighted by Gasteiger charge is -2.43. The average Bonchev–Trinajstić information content (AvgIpc) is 2.64. The molecule has 0 bridgehead atoms. The highest BCUT2D eigenvalue weighted by Crippen LogP contribution is 2.16. The van der Waals surface area contributed by atoms with Crippen molar-refractivity contribution in [2.75, 3.05) is 19.8 Å². The molecule has 26 heavy (non-hydrogen) atoms.